The van der Waals surface area contributed by atoms with Gasteiger partial charge in [0.15, 0.2) is 6.29 Å². The Hall–Kier alpha value is -0.860. The molecule has 1 aliphatic rings. The lowest BCUT2D eigenvalue weighted by molar-refractivity contribution is -0.218. The molecule has 0 N–H and O–H groups in total. The highest BCUT2D eigenvalue weighted by Crippen LogP contribution is 2.29. The Bertz CT molecular complexity index is 426. The number of ether oxygens (including phenoxy) is 2. The maximum atomic E-state index is 6.20. The number of aryl methyl sites for hydroxylation is 1. The Morgan fingerprint density at radius 1 is 0.875 bits per heavy atom. The van der Waals surface area contributed by atoms with Gasteiger partial charge in [-0.2, -0.15) is 0 Å². The minimum Gasteiger partial charge on any atom is -0.348 e. The smallest absolute Gasteiger partial charge is 0.184 e. The summed E-state index contributed by atoms with van der Waals surface area (Å²) in [4.78, 5) is 0. The number of unbranched alkanes of at least 4 members (excludes halogenated alkanes) is 6. The molecule has 2 unspecified atom stereocenters. The van der Waals surface area contributed by atoms with Gasteiger partial charge in [0.25, 0.3) is 0 Å². The van der Waals surface area contributed by atoms with Crippen LogP contribution in [0, 0.1) is 0 Å². The van der Waals surface area contributed by atoms with Gasteiger partial charge >= 0.3 is 0 Å². The van der Waals surface area contributed by atoms with Crippen LogP contribution in [0.15, 0.2) is 24.3 Å². The van der Waals surface area contributed by atoms with Crippen molar-refractivity contribution in [3.8, 4) is 0 Å². The zero-order chi connectivity index (χ0) is 17.0. The Balaban J connectivity index is 1.74. The first kappa shape index (κ1) is 19.5. The molecule has 1 heterocycles. The van der Waals surface area contributed by atoms with Gasteiger partial charge in [0, 0.05) is 5.56 Å². The number of hydrogen-bond acceptors (Lipinski definition) is 2. The first-order chi connectivity index (χ1) is 11.8. The third-order valence-electron chi connectivity index (χ3n) is 4.98. The molecular formula is C22H36O2. The SMILES string of the molecule is CCCCCCCC1CCOC(c2ccc(CCCCC)cc2)O1. The molecule has 0 aliphatic carbocycles. The number of rotatable bonds is 11. The minimum absolute atomic E-state index is 0.163. The van der Waals surface area contributed by atoms with E-state index in [1.807, 2.05) is 0 Å². The van der Waals surface area contributed by atoms with Crippen molar-refractivity contribution in [1.82, 2.24) is 0 Å². The fourth-order valence-electron chi connectivity index (χ4n) is 3.37. The van der Waals surface area contributed by atoms with Crippen molar-refractivity contribution in [3.05, 3.63) is 35.4 Å². The van der Waals surface area contributed by atoms with Gasteiger partial charge < -0.3 is 9.47 Å². The van der Waals surface area contributed by atoms with E-state index in [1.54, 1.807) is 0 Å². The highest BCUT2D eigenvalue weighted by Gasteiger charge is 2.23. The number of benzene rings is 1. The number of hydrogen-bond donors (Lipinski definition) is 0. The molecule has 0 aromatic heterocycles. The average molecular weight is 333 g/mol. The second kappa shape index (κ2) is 11.7. The minimum atomic E-state index is -0.163. The molecule has 136 valence electrons. The molecule has 0 amide bonds. The molecule has 1 aromatic carbocycles. The van der Waals surface area contributed by atoms with E-state index < -0.39 is 0 Å². The summed E-state index contributed by atoms with van der Waals surface area (Å²) in [6.07, 6.45) is 14.1. The second-order valence-electron chi connectivity index (χ2n) is 7.15. The molecule has 2 rings (SSSR count). The van der Waals surface area contributed by atoms with Crippen molar-refractivity contribution in [2.45, 2.75) is 96.9 Å². The van der Waals surface area contributed by atoms with Gasteiger partial charge in [-0.3, -0.25) is 0 Å². The Kier molecular flexibility index (Phi) is 9.45. The fraction of sp³-hybridized carbons (Fsp3) is 0.727. The summed E-state index contributed by atoms with van der Waals surface area (Å²) in [6, 6.07) is 8.86. The van der Waals surface area contributed by atoms with Crippen LogP contribution < -0.4 is 0 Å². The lowest BCUT2D eigenvalue weighted by atomic mass is 10.0. The van der Waals surface area contributed by atoms with Crippen molar-refractivity contribution in [3.63, 3.8) is 0 Å². The predicted octanol–water partition coefficient (Wildman–Crippen LogP) is 6.58. The highest BCUT2D eigenvalue weighted by molar-refractivity contribution is 5.23. The van der Waals surface area contributed by atoms with Crippen LogP contribution in [0.2, 0.25) is 0 Å². The van der Waals surface area contributed by atoms with E-state index in [0.717, 1.165) is 13.0 Å². The van der Waals surface area contributed by atoms with E-state index >= 15 is 0 Å². The van der Waals surface area contributed by atoms with Gasteiger partial charge in [0.2, 0.25) is 0 Å². The Morgan fingerprint density at radius 2 is 1.58 bits per heavy atom. The molecule has 0 bridgehead atoms. The monoisotopic (exact) mass is 332 g/mol. The first-order valence-corrected chi connectivity index (χ1v) is 10.2. The zero-order valence-electron chi connectivity index (χ0n) is 15.8. The van der Waals surface area contributed by atoms with E-state index in [1.165, 1.54) is 75.3 Å². The van der Waals surface area contributed by atoms with Crippen LogP contribution in [0.4, 0.5) is 0 Å². The van der Waals surface area contributed by atoms with Crippen molar-refractivity contribution >= 4 is 0 Å². The van der Waals surface area contributed by atoms with Crippen molar-refractivity contribution < 1.29 is 9.47 Å². The zero-order valence-corrected chi connectivity index (χ0v) is 15.8. The summed E-state index contributed by atoms with van der Waals surface area (Å²) < 4.78 is 12.1. The molecular weight excluding hydrogens is 296 g/mol. The molecule has 1 aromatic rings. The lowest BCUT2D eigenvalue weighted by Gasteiger charge is -2.30. The maximum Gasteiger partial charge on any atom is 0.184 e. The molecule has 0 radical (unpaired) electrons. The Labute approximate surface area is 148 Å². The van der Waals surface area contributed by atoms with E-state index in [-0.39, 0.29) is 6.29 Å². The summed E-state index contributed by atoms with van der Waals surface area (Å²) in [5, 5.41) is 0. The molecule has 0 spiro atoms. The van der Waals surface area contributed by atoms with Crippen molar-refractivity contribution in [2.75, 3.05) is 6.61 Å². The third kappa shape index (κ3) is 6.94. The lowest BCUT2D eigenvalue weighted by Crippen LogP contribution is -2.27. The summed E-state index contributed by atoms with van der Waals surface area (Å²) in [5.41, 5.74) is 2.60. The van der Waals surface area contributed by atoms with Crippen LogP contribution in [0.25, 0.3) is 0 Å². The quantitative estimate of drug-likeness (QED) is 0.426. The molecule has 24 heavy (non-hydrogen) atoms. The molecule has 2 heteroatoms. The molecule has 1 saturated heterocycles. The summed E-state index contributed by atoms with van der Waals surface area (Å²) in [5.74, 6) is 0. The summed E-state index contributed by atoms with van der Waals surface area (Å²) in [6.45, 7) is 5.34. The summed E-state index contributed by atoms with van der Waals surface area (Å²) in [7, 11) is 0. The maximum absolute atomic E-state index is 6.20. The van der Waals surface area contributed by atoms with E-state index in [2.05, 4.69) is 38.1 Å². The van der Waals surface area contributed by atoms with Crippen molar-refractivity contribution in [1.29, 1.82) is 0 Å². The molecule has 1 fully saturated rings. The fourth-order valence-corrected chi connectivity index (χ4v) is 3.37. The van der Waals surface area contributed by atoms with E-state index in [4.69, 9.17) is 9.47 Å². The van der Waals surface area contributed by atoms with Crippen LogP contribution in [0.3, 0.4) is 0 Å². The average Bonchev–Trinajstić information content (AvgIpc) is 2.63. The molecule has 2 nitrogen and oxygen atoms in total. The van der Waals surface area contributed by atoms with E-state index in [9.17, 15) is 0 Å². The van der Waals surface area contributed by atoms with Crippen LogP contribution >= 0.6 is 0 Å². The standard InChI is InChI=1S/C22H36O2/c1-3-5-7-8-10-12-21-17-18-23-22(24-21)20-15-13-19(14-16-20)11-9-6-4-2/h13-16,21-22H,3-12,17-18H2,1-2H3. The van der Waals surface area contributed by atoms with Gasteiger partial charge in [-0.15, -0.1) is 0 Å². The van der Waals surface area contributed by atoms with Crippen molar-refractivity contribution in [2.24, 2.45) is 0 Å². The third-order valence-corrected chi connectivity index (χ3v) is 4.98. The molecule has 1 aliphatic heterocycles. The Morgan fingerprint density at radius 3 is 2.33 bits per heavy atom. The van der Waals surface area contributed by atoms with Crippen LogP contribution in [0.1, 0.15) is 95.5 Å². The van der Waals surface area contributed by atoms with Gasteiger partial charge in [0.1, 0.15) is 0 Å². The van der Waals surface area contributed by atoms with Gasteiger partial charge in [-0.1, -0.05) is 83.1 Å². The molecule has 2 atom stereocenters. The topological polar surface area (TPSA) is 18.5 Å². The van der Waals surface area contributed by atoms with E-state index in [0.29, 0.717) is 6.10 Å². The molecule has 0 saturated carbocycles. The van der Waals surface area contributed by atoms with Crippen LogP contribution in [0.5, 0.6) is 0 Å². The first-order valence-electron chi connectivity index (χ1n) is 10.2. The summed E-state index contributed by atoms with van der Waals surface area (Å²) >= 11 is 0. The normalized spacial score (nSPS) is 21.1. The van der Waals surface area contributed by atoms with Crippen LogP contribution in [-0.2, 0) is 15.9 Å². The second-order valence-corrected chi connectivity index (χ2v) is 7.15. The largest absolute Gasteiger partial charge is 0.348 e. The predicted molar refractivity (Wildman–Crippen MR) is 101 cm³/mol. The highest BCUT2D eigenvalue weighted by atomic mass is 16.7. The van der Waals surface area contributed by atoms with Crippen LogP contribution in [-0.4, -0.2) is 12.7 Å². The van der Waals surface area contributed by atoms with Gasteiger partial charge in [0.05, 0.1) is 12.7 Å². The van der Waals surface area contributed by atoms with Gasteiger partial charge in [-0.05, 0) is 31.2 Å². The van der Waals surface area contributed by atoms with Gasteiger partial charge in [-0.25, -0.2) is 0 Å².